The van der Waals surface area contributed by atoms with Crippen LogP contribution in [0.2, 0.25) is 0 Å². The van der Waals surface area contributed by atoms with Crippen molar-refractivity contribution >= 4 is 0 Å². The maximum Gasteiger partial charge on any atom is 0.0700 e. The van der Waals surface area contributed by atoms with Gasteiger partial charge in [-0.1, -0.05) is 24.3 Å². The van der Waals surface area contributed by atoms with Crippen molar-refractivity contribution in [2.75, 3.05) is 39.5 Å². The minimum atomic E-state index is 0.422. The summed E-state index contributed by atoms with van der Waals surface area (Å²) in [6.45, 7) is 7.69. The molecule has 0 amide bonds. The molecule has 0 bridgehead atoms. The van der Waals surface area contributed by atoms with Gasteiger partial charge in [-0.15, -0.1) is 0 Å². The Morgan fingerprint density at radius 2 is 1.81 bits per heavy atom. The van der Waals surface area contributed by atoms with Gasteiger partial charge in [-0.25, -0.2) is 0 Å². The predicted molar refractivity (Wildman–Crippen MR) is 83.2 cm³/mol. The molecule has 1 aromatic rings. The van der Waals surface area contributed by atoms with Crippen LogP contribution in [0, 0.1) is 0 Å². The second kappa shape index (κ2) is 7.90. The van der Waals surface area contributed by atoms with Gasteiger partial charge in [0.25, 0.3) is 0 Å². The summed E-state index contributed by atoms with van der Waals surface area (Å²) in [5.74, 6) is 0. The summed E-state index contributed by atoms with van der Waals surface area (Å²) >= 11 is 0. The van der Waals surface area contributed by atoms with E-state index in [1.54, 1.807) is 0 Å². The maximum atomic E-state index is 5.62. The van der Waals surface area contributed by atoms with Crippen molar-refractivity contribution in [2.45, 2.75) is 32.0 Å². The van der Waals surface area contributed by atoms with Crippen molar-refractivity contribution in [2.24, 2.45) is 0 Å². The first-order valence-corrected chi connectivity index (χ1v) is 8.10. The predicted octanol–water partition coefficient (Wildman–Crippen LogP) is 1.79. The largest absolute Gasteiger partial charge is 0.379 e. The normalized spacial score (nSPS) is 23.5. The average molecular weight is 290 g/mol. The summed E-state index contributed by atoms with van der Waals surface area (Å²) in [5, 5.41) is 3.49. The van der Waals surface area contributed by atoms with Crippen LogP contribution in [-0.4, -0.2) is 50.5 Å². The quantitative estimate of drug-likeness (QED) is 0.866. The van der Waals surface area contributed by atoms with Crippen LogP contribution in [0.25, 0.3) is 0 Å². The Labute approximate surface area is 127 Å². The minimum Gasteiger partial charge on any atom is -0.379 e. The number of ether oxygens (including phenoxy) is 2. The average Bonchev–Trinajstić information content (AvgIpc) is 3.03. The van der Waals surface area contributed by atoms with Gasteiger partial charge in [-0.3, -0.25) is 4.90 Å². The zero-order valence-electron chi connectivity index (χ0n) is 12.7. The van der Waals surface area contributed by atoms with Crippen molar-refractivity contribution in [3.05, 3.63) is 35.4 Å². The number of hydrogen-bond donors (Lipinski definition) is 1. The zero-order chi connectivity index (χ0) is 14.3. The van der Waals surface area contributed by atoms with Crippen molar-refractivity contribution in [3.63, 3.8) is 0 Å². The molecule has 0 aliphatic carbocycles. The molecule has 2 heterocycles. The molecule has 2 aliphatic rings. The van der Waals surface area contributed by atoms with Gasteiger partial charge in [0.05, 0.1) is 19.3 Å². The van der Waals surface area contributed by atoms with Gasteiger partial charge in [0.15, 0.2) is 0 Å². The highest BCUT2D eigenvalue weighted by Gasteiger charge is 2.14. The number of nitrogens with zero attached hydrogens (tertiary/aromatic N) is 1. The summed E-state index contributed by atoms with van der Waals surface area (Å²) in [4.78, 5) is 2.45. The topological polar surface area (TPSA) is 33.7 Å². The van der Waals surface area contributed by atoms with Gasteiger partial charge >= 0.3 is 0 Å². The van der Waals surface area contributed by atoms with Crippen LogP contribution in [0.4, 0.5) is 0 Å². The molecule has 1 N–H and O–H groups in total. The molecule has 2 fully saturated rings. The number of rotatable bonds is 6. The third-order valence-corrected chi connectivity index (χ3v) is 4.26. The standard InChI is InChI=1S/C17H26N2O2/c1-2-17(21-9-1)13-18-12-15-3-5-16(6-4-15)14-19-7-10-20-11-8-19/h3-6,17-18H,1-2,7-14H2. The lowest BCUT2D eigenvalue weighted by Gasteiger charge is -2.26. The second-order valence-corrected chi connectivity index (χ2v) is 5.97. The van der Waals surface area contributed by atoms with Gasteiger partial charge in [0.2, 0.25) is 0 Å². The molecule has 4 nitrogen and oxygen atoms in total. The molecule has 4 heteroatoms. The summed E-state index contributed by atoms with van der Waals surface area (Å²) in [5.41, 5.74) is 2.73. The smallest absolute Gasteiger partial charge is 0.0700 e. The Kier molecular flexibility index (Phi) is 5.63. The minimum absolute atomic E-state index is 0.422. The molecule has 21 heavy (non-hydrogen) atoms. The third-order valence-electron chi connectivity index (χ3n) is 4.26. The molecule has 1 unspecified atom stereocenters. The van der Waals surface area contributed by atoms with E-state index in [9.17, 15) is 0 Å². The Bertz CT molecular complexity index is 409. The van der Waals surface area contributed by atoms with E-state index < -0.39 is 0 Å². The van der Waals surface area contributed by atoms with Crippen molar-refractivity contribution in [3.8, 4) is 0 Å². The highest BCUT2D eigenvalue weighted by molar-refractivity contribution is 5.22. The van der Waals surface area contributed by atoms with Crippen LogP contribution >= 0.6 is 0 Å². The van der Waals surface area contributed by atoms with E-state index in [1.165, 1.54) is 24.0 Å². The Morgan fingerprint density at radius 3 is 2.52 bits per heavy atom. The van der Waals surface area contributed by atoms with Crippen LogP contribution in [0.1, 0.15) is 24.0 Å². The fourth-order valence-corrected chi connectivity index (χ4v) is 2.96. The molecule has 0 radical (unpaired) electrons. The van der Waals surface area contributed by atoms with E-state index in [2.05, 4.69) is 34.5 Å². The number of morpholine rings is 1. The van der Waals surface area contributed by atoms with Gasteiger partial charge in [0.1, 0.15) is 0 Å². The van der Waals surface area contributed by atoms with E-state index in [0.717, 1.165) is 52.5 Å². The van der Waals surface area contributed by atoms with Crippen molar-refractivity contribution in [1.29, 1.82) is 0 Å². The molecular formula is C17H26N2O2. The monoisotopic (exact) mass is 290 g/mol. The zero-order valence-corrected chi connectivity index (χ0v) is 12.7. The first kappa shape index (κ1) is 15.0. The number of hydrogen-bond acceptors (Lipinski definition) is 4. The van der Waals surface area contributed by atoms with Gasteiger partial charge < -0.3 is 14.8 Å². The second-order valence-electron chi connectivity index (χ2n) is 5.97. The lowest BCUT2D eigenvalue weighted by atomic mass is 10.1. The highest BCUT2D eigenvalue weighted by Crippen LogP contribution is 2.12. The Hall–Kier alpha value is -0.940. The highest BCUT2D eigenvalue weighted by atomic mass is 16.5. The maximum absolute atomic E-state index is 5.62. The molecule has 116 valence electrons. The fourth-order valence-electron chi connectivity index (χ4n) is 2.96. The molecule has 0 saturated carbocycles. The van der Waals surface area contributed by atoms with Crippen LogP contribution in [-0.2, 0) is 22.6 Å². The number of nitrogens with one attached hydrogen (secondary N) is 1. The van der Waals surface area contributed by atoms with Crippen LogP contribution in [0.3, 0.4) is 0 Å². The van der Waals surface area contributed by atoms with E-state index in [4.69, 9.17) is 9.47 Å². The Balaban J connectivity index is 1.40. The molecule has 2 aliphatic heterocycles. The summed E-state index contributed by atoms with van der Waals surface area (Å²) in [6.07, 6.45) is 2.83. The molecule has 3 rings (SSSR count). The van der Waals surface area contributed by atoms with E-state index >= 15 is 0 Å². The lowest BCUT2D eigenvalue weighted by molar-refractivity contribution is 0.0342. The van der Waals surface area contributed by atoms with E-state index in [0.29, 0.717) is 6.10 Å². The summed E-state index contributed by atoms with van der Waals surface area (Å²) < 4.78 is 11.0. The van der Waals surface area contributed by atoms with Crippen molar-refractivity contribution in [1.82, 2.24) is 10.2 Å². The Morgan fingerprint density at radius 1 is 1.05 bits per heavy atom. The number of benzene rings is 1. The molecule has 1 atom stereocenters. The first-order chi connectivity index (χ1) is 10.4. The summed E-state index contributed by atoms with van der Waals surface area (Å²) in [6, 6.07) is 8.97. The fraction of sp³-hybridized carbons (Fsp3) is 0.647. The SMILES string of the molecule is c1cc(CN2CCOCC2)ccc1CNCC1CCCO1. The lowest BCUT2D eigenvalue weighted by Crippen LogP contribution is -2.35. The molecule has 0 aromatic heterocycles. The van der Waals surface area contributed by atoms with Crippen molar-refractivity contribution < 1.29 is 9.47 Å². The third kappa shape index (κ3) is 4.78. The van der Waals surface area contributed by atoms with Crippen LogP contribution < -0.4 is 5.32 Å². The van der Waals surface area contributed by atoms with E-state index in [-0.39, 0.29) is 0 Å². The first-order valence-electron chi connectivity index (χ1n) is 8.10. The molecular weight excluding hydrogens is 264 g/mol. The van der Waals surface area contributed by atoms with E-state index in [1.807, 2.05) is 0 Å². The molecule has 1 aromatic carbocycles. The summed E-state index contributed by atoms with van der Waals surface area (Å²) in [7, 11) is 0. The van der Waals surface area contributed by atoms with Crippen LogP contribution in [0.15, 0.2) is 24.3 Å². The van der Waals surface area contributed by atoms with Gasteiger partial charge in [-0.05, 0) is 24.0 Å². The molecule has 0 spiro atoms. The van der Waals surface area contributed by atoms with Gasteiger partial charge in [-0.2, -0.15) is 0 Å². The van der Waals surface area contributed by atoms with Gasteiger partial charge in [0, 0.05) is 39.3 Å². The van der Waals surface area contributed by atoms with Crippen LogP contribution in [0.5, 0.6) is 0 Å². The molecule has 2 saturated heterocycles.